The van der Waals surface area contributed by atoms with E-state index in [1.807, 2.05) is 13.8 Å². The SMILES string of the molecule is COc1ccc(C(=O)NC(C(=O)NNc2nc(-c3ccncc3)no2)C(C)C)cc1. The molecule has 0 radical (unpaired) electrons. The Morgan fingerprint density at radius 3 is 2.40 bits per heavy atom. The zero-order chi connectivity index (χ0) is 21.5. The maximum atomic E-state index is 12.6. The molecule has 3 N–H and O–H groups in total. The van der Waals surface area contributed by atoms with Gasteiger partial charge >= 0.3 is 6.01 Å². The van der Waals surface area contributed by atoms with Crippen molar-refractivity contribution in [1.82, 2.24) is 25.9 Å². The van der Waals surface area contributed by atoms with Gasteiger partial charge in [0.2, 0.25) is 5.82 Å². The van der Waals surface area contributed by atoms with Crippen LogP contribution in [0.5, 0.6) is 5.75 Å². The van der Waals surface area contributed by atoms with Gasteiger partial charge in [0.1, 0.15) is 11.8 Å². The fourth-order valence-corrected chi connectivity index (χ4v) is 2.59. The Morgan fingerprint density at radius 1 is 1.07 bits per heavy atom. The maximum absolute atomic E-state index is 12.6. The highest BCUT2D eigenvalue weighted by atomic mass is 16.5. The first-order valence-electron chi connectivity index (χ1n) is 9.23. The fraction of sp³-hybridized carbons (Fsp3) is 0.250. The molecule has 2 heterocycles. The van der Waals surface area contributed by atoms with E-state index < -0.39 is 11.9 Å². The van der Waals surface area contributed by atoms with Crippen molar-refractivity contribution >= 4 is 17.8 Å². The van der Waals surface area contributed by atoms with Gasteiger partial charge in [0.05, 0.1) is 7.11 Å². The lowest BCUT2D eigenvalue weighted by Crippen LogP contribution is -2.51. The van der Waals surface area contributed by atoms with Crippen LogP contribution in [0.15, 0.2) is 53.3 Å². The summed E-state index contributed by atoms with van der Waals surface area (Å²) < 4.78 is 10.2. The third-order valence-corrected chi connectivity index (χ3v) is 4.25. The van der Waals surface area contributed by atoms with Gasteiger partial charge in [-0.25, -0.2) is 5.43 Å². The first kappa shape index (κ1) is 20.8. The Kier molecular flexibility index (Phi) is 6.58. The van der Waals surface area contributed by atoms with Gasteiger partial charge in [-0.15, -0.1) is 0 Å². The Balaban J connectivity index is 1.60. The molecular formula is C20H22N6O4. The molecule has 0 aliphatic heterocycles. The molecule has 30 heavy (non-hydrogen) atoms. The minimum atomic E-state index is -0.783. The van der Waals surface area contributed by atoms with Gasteiger partial charge in [-0.1, -0.05) is 19.0 Å². The van der Waals surface area contributed by atoms with Crippen molar-refractivity contribution in [3.63, 3.8) is 0 Å². The van der Waals surface area contributed by atoms with Crippen LogP contribution in [-0.2, 0) is 4.79 Å². The van der Waals surface area contributed by atoms with Crippen LogP contribution in [0.25, 0.3) is 11.4 Å². The molecule has 2 aromatic heterocycles. The quantitative estimate of drug-likeness (QED) is 0.481. The van der Waals surface area contributed by atoms with E-state index >= 15 is 0 Å². The second-order valence-electron chi connectivity index (χ2n) is 6.70. The topological polar surface area (TPSA) is 131 Å². The van der Waals surface area contributed by atoms with Gasteiger partial charge in [-0.2, -0.15) is 4.98 Å². The number of nitrogens with one attached hydrogen (secondary N) is 3. The molecule has 1 aromatic carbocycles. The number of anilines is 1. The number of carbonyl (C=O) groups is 2. The van der Waals surface area contributed by atoms with E-state index in [0.29, 0.717) is 17.1 Å². The Bertz CT molecular complexity index is 988. The van der Waals surface area contributed by atoms with Crippen LogP contribution in [0.1, 0.15) is 24.2 Å². The highest BCUT2D eigenvalue weighted by molar-refractivity contribution is 5.97. The molecule has 0 spiro atoms. The van der Waals surface area contributed by atoms with E-state index in [1.54, 1.807) is 55.9 Å². The van der Waals surface area contributed by atoms with E-state index in [0.717, 1.165) is 5.56 Å². The summed E-state index contributed by atoms with van der Waals surface area (Å²) >= 11 is 0. The average molecular weight is 410 g/mol. The van der Waals surface area contributed by atoms with Gasteiger partial charge in [0.25, 0.3) is 11.8 Å². The van der Waals surface area contributed by atoms with Crippen LogP contribution in [-0.4, -0.2) is 40.1 Å². The van der Waals surface area contributed by atoms with Crippen LogP contribution in [0.4, 0.5) is 6.01 Å². The average Bonchev–Trinajstić information content (AvgIpc) is 3.25. The number of nitrogens with zero attached hydrogens (tertiary/aromatic N) is 3. The van der Waals surface area contributed by atoms with Crippen LogP contribution < -0.4 is 20.9 Å². The van der Waals surface area contributed by atoms with E-state index in [4.69, 9.17) is 9.26 Å². The number of pyridine rings is 1. The summed E-state index contributed by atoms with van der Waals surface area (Å²) in [6, 6.07) is 9.30. The highest BCUT2D eigenvalue weighted by Crippen LogP contribution is 2.16. The van der Waals surface area contributed by atoms with E-state index in [2.05, 4.69) is 31.3 Å². The predicted molar refractivity (Wildman–Crippen MR) is 108 cm³/mol. The van der Waals surface area contributed by atoms with Crippen LogP contribution in [0, 0.1) is 5.92 Å². The molecule has 3 rings (SSSR count). The number of amides is 2. The first-order valence-corrected chi connectivity index (χ1v) is 9.23. The van der Waals surface area contributed by atoms with Crippen molar-refractivity contribution in [2.75, 3.05) is 12.5 Å². The molecule has 0 aliphatic carbocycles. The number of hydrogen-bond donors (Lipinski definition) is 3. The summed E-state index contributed by atoms with van der Waals surface area (Å²) in [4.78, 5) is 33.2. The largest absolute Gasteiger partial charge is 0.497 e. The summed E-state index contributed by atoms with van der Waals surface area (Å²) in [7, 11) is 1.55. The number of rotatable bonds is 8. The molecular weight excluding hydrogens is 388 g/mol. The van der Waals surface area contributed by atoms with Crippen molar-refractivity contribution in [3.05, 3.63) is 54.4 Å². The van der Waals surface area contributed by atoms with Gasteiger partial charge in [0.15, 0.2) is 0 Å². The zero-order valence-electron chi connectivity index (χ0n) is 16.7. The summed E-state index contributed by atoms with van der Waals surface area (Å²) in [6.45, 7) is 3.65. The Labute approximate surface area is 173 Å². The van der Waals surface area contributed by atoms with Crippen molar-refractivity contribution in [2.24, 2.45) is 5.92 Å². The summed E-state index contributed by atoms with van der Waals surface area (Å²) in [5.41, 5.74) is 6.20. The molecule has 2 amide bonds. The lowest BCUT2D eigenvalue weighted by atomic mass is 10.0. The lowest BCUT2D eigenvalue weighted by molar-refractivity contribution is -0.123. The number of benzene rings is 1. The summed E-state index contributed by atoms with van der Waals surface area (Å²) in [5.74, 6) is 0.00538. The Hall–Kier alpha value is -3.95. The van der Waals surface area contributed by atoms with Crippen molar-refractivity contribution in [3.8, 4) is 17.1 Å². The first-order chi connectivity index (χ1) is 14.5. The molecule has 0 saturated heterocycles. The summed E-state index contributed by atoms with van der Waals surface area (Å²) in [6.07, 6.45) is 3.22. The maximum Gasteiger partial charge on any atom is 0.340 e. The number of methoxy groups -OCH3 is 1. The number of hydrogen-bond acceptors (Lipinski definition) is 8. The molecule has 10 heteroatoms. The van der Waals surface area contributed by atoms with Gasteiger partial charge in [-0.05, 0) is 42.3 Å². The number of carbonyl (C=O) groups excluding carboxylic acids is 2. The third kappa shape index (κ3) is 5.10. The zero-order valence-corrected chi connectivity index (χ0v) is 16.7. The number of ether oxygens (including phenoxy) is 1. The van der Waals surface area contributed by atoms with Gasteiger partial charge in [0, 0.05) is 23.5 Å². The van der Waals surface area contributed by atoms with Gasteiger partial charge < -0.3 is 14.6 Å². The normalized spacial score (nSPS) is 11.6. The van der Waals surface area contributed by atoms with E-state index in [9.17, 15) is 9.59 Å². The van der Waals surface area contributed by atoms with Crippen molar-refractivity contribution < 1.29 is 18.8 Å². The second-order valence-corrected chi connectivity index (χ2v) is 6.70. The summed E-state index contributed by atoms with van der Waals surface area (Å²) in [5, 5.41) is 6.57. The highest BCUT2D eigenvalue weighted by Gasteiger charge is 2.25. The van der Waals surface area contributed by atoms with Crippen molar-refractivity contribution in [1.29, 1.82) is 0 Å². The molecule has 3 aromatic rings. The molecule has 1 unspecified atom stereocenters. The Morgan fingerprint density at radius 2 is 1.77 bits per heavy atom. The fourth-order valence-electron chi connectivity index (χ4n) is 2.59. The molecule has 0 saturated carbocycles. The molecule has 0 aliphatic rings. The number of hydrazine groups is 1. The van der Waals surface area contributed by atoms with E-state index in [-0.39, 0.29) is 17.8 Å². The van der Waals surface area contributed by atoms with E-state index in [1.165, 1.54) is 0 Å². The smallest absolute Gasteiger partial charge is 0.340 e. The molecule has 0 fully saturated rings. The van der Waals surface area contributed by atoms with Crippen molar-refractivity contribution in [2.45, 2.75) is 19.9 Å². The van der Waals surface area contributed by atoms with Crippen LogP contribution >= 0.6 is 0 Å². The third-order valence-electron chi connectivity index (χ3n) is 4.25. The monoisotopic (exact) mass is 410 g/mol. The molecule has 1 atom stereocenters. The van der Waals surface area contributed by atoms with Crippen LogP contribution in [0.3, 0.4) is 0 Å². The van der Waals surface area contributed by atoms with Crippen LogP contribution in [0.2, 0.25) is 0 Å². The minimum Gasteiger partial charge on any atom is -0.497 e. The molecule has 0 bridgehead atoms. The molecule has 156 valence electrons. The standard InChI is InChI=1S/C20H22N6O4/c1-12(2)16(22-18(27)14-4-6-15(29-3)7-5-14)19(28)24-25-20-23-17(26-30-20)13-8-10-21-11-9-13/h4-12,16H,1-3H3,(H,22,27)(H,24,28)(H,23,25,26). The van der Waals surface area contributed by atoms with Gasteiger partial charge in [-0.3, -0.25) is 20.0 Å². The predicted octanol–water partition coefficient (Wildman–Crippen LogP) is 2.04. The lowest BCUT2D eigenvalue weighted by Gasteiger charge is -2.21. The minimum absolute atomic E-state index is 0.0131. The second kappa shape index (κ2) is 9.50. The number of aromatic nitrogens is 3. The molecule has 10 nitrogen and oxygen atoms in total.